The van der Waals surface area contributed by atoms with Crippen molar-refractivity contribution in [1.29, 1.82) is 0 Å². The fraction of sp³-hybridized carbons (Fsp3) is 0.815. The van der Waals surface area contributed by atoms with Crippen LogP contribution in [-0.4, -0.2) is 202 Å². The van der Waals surface area contributed by atoms with Gasteiger partial charge in [0.25, 0.3) is 0 Å². The number of hydrogen-bond donors (Lipinski definition) is 5. The molecule has 0 aliphatic carbocycles. The zero-order valence-corrected chi connectivity index (χ0v) is 25.8. The Labute approximate surface area is 264 Å². The molecule has 1 saturated heterocycles. The summed E-state index contributed by atoms with van der Waals surface area (Å²) in [6.45, 7) is 3.07. The van der Waals surface area contributed by atoms with Gasteiger partial charge in [0.2, 0.25) is 5.91 Å². The summed E-state index contributed by atoms with van der Waals surface area (Å²) in [7, 11) is 5.32. The van der Waals surface area contributed by atoms with Gasteiger partial charge < -0.3 is 40.0 Å². The molecule has 0 bridgehead atoms. The highest BCUT2D eigenvalue weighted by molar-refractivity contribution is 6.08. The number of aliphatic carboxylic acids is 4. The third-order valence-corrected chi connectivity index (χ3v) is 6.89. The number of carbonyl (C=O) groups excluding carboxylic acids is 1. The molecule has 1 heterocycles. The Kier molecular flexibility index (Phi) is 21.8. The molecule has 1 aliphatic rings. The Balaban J connectivity index is 2.73. The Morgan fingerprint density at radius 1 is 0.622 bits per heavy atom. The minimum absolute atomic E-state index is 0.0215. The van der Waals surface area contributed by atoms with Crippen LogP contribution in [0.3, 0.4) is 0 Å². The first kappa shape index (κ1) is 40.2. The van der Waals surface area contributed by atoms with Gasteiger partial charge in [0.1, 0.15) is 6.04 Å². The third kappa shape index (κ3) is 20.7. The fourth-order valence-corrected chi connectivity index (χ4v) is 4.62. The second-order valence-electron chi connectivity index (χ2n) is 10.4. The Hall–Kier alpha value is -2.87. The minimum atomic E-state index is -1.16. The van der Waals surface area contributed by atoms with E-state index in [-0.39, 0.29) is 104 Å². The summed E-state index contributed by atoms with van der Waals surface area (Å²) in [6, 6.07) is -1.08. The second kappa shape index (κ2) is 24.4. The van der Waals surface area contributed by atoms with Crippen LogP contribution in [0.5, 0.6) is 0 Å². The average Bonchev–Trinajstić information content (AvgIpc) is 2.95. The normalized spacial score (nSPS) is 17.2. The molecule has 5 N–H and O–H groups in total. The lowest BCUT2D eigenvalue weighted by molar-refractivity contribution is -0.145. The lowest BCUT2D eigenvalue weighted by Gasteiger charge is -2.35. The zero-order chi connectivity index (χ0) is 33.5. The van der Waals surface area contributed by atoms with E-state index in [0.29, 0.717) is 39.4 Å². The molecule has 1 unspecified atom stereocenters. The molecule has 1 aliphatic heterocycles. The molecular formula is C27H48BN5O12. The average molecular weight is 646 g/mol. The van der Waals surface area contributed by atoms with E-state index in [9.17, 15) is 44.4 Å². The SMILES string of the molecule is [B]CCOCCOCCOCCNC(=O)CCC(C(=O)O)N1CCN(CC(=O)O)CCN(CC(=O)O)CCN(CC(=O)O)CC1. The lowest BCUT2D eigenvalue weighted by atomic mass is 10.1. The number of rotatable bonds is 22. The van der Waals surface area contributed by atoms with Crippen molar-refractivity contribution >= 4 is 37.6 Å². The summed E-state index contributed by atoms with van der Waals surface area (Å²) in [4.78, 5) is 65.5. The summed E-state index contributed by atoms with van der Waals surface area (Å²) in [5.74, 6) is -4.74. The van der Waals surface area contributed by atoms with Crippen LogP contribution in [0.4, 0.5) is 0 Å². The molecule has 18 heteroatoms. The van der Waals surface area contributed by atoms with E-state index >= 15 is 0 Å². The Morgan fingerprint density at radius 3 is 1.42 bits per heavy atom. The molecule has 0 aromatic heterocycles. The maximum Gasteiger partial charge on any atom is 0.320 e. The molecule has 0 aromatic rings. The van der Waals surface area contributed by atoms with Crippen LogP contribution in [0.1, 0.15) is 12.8 Å². The molecule has 256 valence electrons. The predicted molar refractivity (Wildman–Crippen MR) is 160 cm³/mol. The molecule has 2 radical (unpaired) electrons. The summed E-state index contributed by atoms with van der Waals surface area (Å²) in [5, 5.41) is 40.8. The highest BCUT2D eigenvalue weighted by Crippen LogP contribution is 2.10. The van der Waals surface area contributed by atoms with E-state index in [1.165, 1.54) is 0 Å². The van der Waals surface area contributed by atoms with Crippen LogP contribution in [0, 0.1) is 0 Å². The van der Waals surface area contributed by atoms with Crippen LogP contribution in [-0.2, 0) is 38.2 Å². The molecule has 0 saturated carbocycles. The maximum atomic E-state index is 12.5. The van der Waals surface area contributed by atoms with Crippen molar-refractivity contribution in [2.75, 3.05) is 118 Å². The highest BCUT2D eigenvalue weighted by Gasteiger charge is 2.28. The van der Waals surface area contributed by atoms with Gasteiger partial charge in [0, 0.05) is 71.9 Å². The summed E-state index contributed by atoms with van der Waals surface area (Å²) in [6.07, 6.45) is 0.343. The molecule has 1 fully saturated rings. The van der Waals surface area contributed by atoms with Gasteiger partial charge in [-0.3, -0.25) is 43.6 Å². The van der Waals surface area contributed by atoms with E-state index in [1.807, 2.05) is 0 Å². The number of carboxylic acid groups (broad SMARTS) is 4. The van der Waals surface area contributed by atoms with E-state index in [0.717, 1.165) is 0 Å². The zero-order valence-electron chi connectivity index (χ0n) is 25.8. The van der Waals surface area contributed by atoms with E-state index in [1.54, 1.807) is 19.6 Å². The molecule has 1 rings (SSSR count). The molecule has 45 heavy (non-hydrogen) atoms. The van der Waals surface area contributed by atoms with Crippen molar-refractivity contribution in [2.45, 2.75) is 25.2 Å². The van der Waals surface area contributed by atoms with Gasteiger partial charge in [-0.05, 0) is 6.42 Å². The van der Waals surface area contributed by atoms with Crippen LogP contribution < -0.4 is 5.32 Å². The first-order valence-corrected chi connectivity index (χ1v) is 15.0. The molecular weight excluding hydrogens is 597 g/mol. The lowest BCUT2D eigenvalue weighted by Crippen LogP contribution is -2.52. The van der Waals surface area contributed by atoms with Crippen LogP contribution >= 0.6 is 0 Å². The first-order chi connectivity index (χ1) is 21.5. The topological polar surface area (TPSA) is 219 Å². The fourth-order valence-electron chi connectivity index (χ4n) is 4.62. The molecule has 0 spiro atoms. The van der Waals surface area contributed by atoms with Gasteiger partial charge in [0.05, 0.1) is 60.5 Å². The monoisotopic (exact) mass is 645 g/mol. The third-order valence-electron chi connectivity index (χ3n) is 6.89. The highest BCUT2D eigenvalue weighted by atomic mass is 16.5. The largest absolute Gasteiger partial charge is 0.480 e. The maximum absolute atomic E-state index is 12.5. The van der Waals surface area contributed by atoms with Gasteiger partial charge in [-0.15, -0.1) is 0 Å². The number of carbonyl (C=O) groups is 5. The number of nitrogens with zero attached hydrogens (tertiary/aromatic N) is 4. The van der Waals surface area contributed by atoms with Gasteiger partial charge in [-0.25, -0.2) is 0 Å². The van der Waals surface area contributed by atoms with Crippen LogP contribution in [0.15, 0.2) is 0 Å². The molecule has 1 atom stereocenters. The first-order valence-electron chi connectivity index (χ1n) is 15.0. The van der Waals surface area contributed by atoms with Gasteiger partial charge in [-0.2, -0.15) is 0 Å². The Morgan fingerprint density at radius 2 is 1.02 bits per heavy atom. The van der Waals surface area contributed by atoms with Crippen molar-refractivity contribution in [3.8, 4) is 0 Å². The van der Waals surface area contributed by atoms with Crippen molar-refractivity contribution in [2.24, 2.45) is 0 Å². The van der Waals surface area contributed by atoms with E-state index < -0.39 is 29.9 Å². The number of carboxylic acids is 4. The van der Waals surface area contributed by atoms with Gasteiger partial charge in [0.15, 0.2) is 0 Å². The number of nitrogens with one attached hydrogen (secondary N) is 1. The number of amides is 1. The predicted octanol–water partition coefficient (Wildman–Crippen LogP) is -2.55. The Bertz CT molecular complexity index is 870. The van der Waals surface area contributed by atoms with E-state index in [4.69, 9.17) is 22.1 Å². The molecule has 0 aromatic carbocycles. The van der Waals surface area contributed by atoms with E-state index in [2.05, 4.69) is 5.32 Å². The van der Waals surface area contributed by atoms with Crippen LogP contribution in [0.2, 0.25) is 6.32 Å². The standard InChI is InChI=1S/C27H48BN5O12/c28-3-13-43-15-17-45-18-16-44-14-4-29-23(34)2-1-22(27(41)42)33-11-9-31(20-25(37)38)7-5-30(19-24(35)36)6-8-32(10-12-33)21-26(39)40/h22H,1-21H2,(H,29,34)(H,35,36)(H,37,38)(H,39,40)(H,41,42). The van der Waals surface area contributed by atoms with Gasteiger partial charge >= 0.3 is 23.9 Å². The van der Waals surface area contributed by atoms with Crippen molar-refractivity contribution in [3.63, 3.8) is 0 Å². The molecule has 17 nitrogen and oxygen atoms in total. The number of ether oxygens (including phenoxy) is 3. The molecule has 1 amide bonds. The summed E-state index contributed by atoms with van der Waals surface area (Å²) >= 11 is 0. The quantitative estimate of drug-likeness (QED) is 0.0604. The summed E-state index contributed by atoms with van der Waals surface area (Å²) in [5.41, 5.74) is 0. The van der Waals surface area contributed by atoms with Crippen LogP contribution in [0.25, 0.3) is 0 Å². The van der Waals surface area contributed by atoms with Crippen molar-refractivity contribution < 1.29 is 58.6 Å². The second-order valence-corrected chi connectivity index (χ2v) is 10.4. The van der Waals surface area contributed by atoms with Gasteiger partial charge in [-0.1, -0.05) is 6.32 Å². The summed E-state index contributed by atoms with van der Waals surface area (Å²) < 4.78 is 15.9. The van der Waals surface area contributed by atoms with Crippen molar-refractivity contribution in [1.82, 2.24) is 24.9 Å². The smallest absolute Gasteiger partial charge is 0.320 e. The number of hydrogen-bond acceptors (Lipinski definition) is 12. The van der Waals surface area contributed by atoms with Crippen molar-refractivity contribution in [3.05, 3.63) is 0 Å². The minimum Gasteiger partial charge on any atom is -0.480 e.